The van der Waals surface area contributed by atoms with Crippen molar-refractivity contribution in [2.75, 3.05) is 4.90 Å². The Morgan fingerprint density at radius 2 is 1.71 bits per heavy atom. The number of carbonyl (C=O) groups is 3. The SMILES string of the molecule is CC1=C(C)C(=O)N(c2ccc([N+](=O)[O-])cc2C(=O)O)C1=O. The average molecular weight is 290 g/mol. The molecule has 1 aromatic carbocycles. The van der Waals surface area contributed by atoms with Gasteiger partial charge in [-0.2, -0.15) is 0 Å². The molecular formula is C13H10N2O6. The lowest BCUT2D eigenvalue weighted by molar-refractivity contribution is -0.384. The zero-order chi connectivity index (χ0) is 15.9. The Hall–Kier alpha value is -3.03. The Kier molecular flexibility index (Phi) is 3.30. The van der Waals surface area contributed by atoms with E-state index in [1.807, 2.05) is 0 Å². The molecule has 0 bridgehead atoms. The monoisotopic (exact) mass is 290 g/mol. The number of carbonyl (C=O) groups excluding carboxylic acids is 2. The van der Waals surface area contributed by atoms with Gasteiger partial charge in [-0.3, -0.25) is 19.7 Å². The number of aromatic carboxylic acids is 1. The summed E-state index contributed by atoms with van der Waals surface area (Å²) in [6.07, 6.45) is 0. The fraction of sp³-hybridized carbons (Fsp3) is 0.154. The smallest absolute Gasteiger partial charge is 0.338 e. The third kappa shape index (κ3) is 2.16. The van der Waals surface area contributed by atoms with Crippen LogP contribution < -0.4 is 4.90 Å². The lowest BCUT2D eigenvalue weighted by Crippen LogP contribution is -2.32. The van der Waals surface area contributed by atoms with Gasteiger partial charge in [0.15, 0.2) is 0 Å². The summed E-state index contributed by atoms with van der Waals surface area (Å²) in [5, 5.41) is 19.8. The first-order valence-corrected chi connectivity index (χ1v) is 5.83. The summed E-state index contributed by atoms with van der Waals surface area (Å²) in [6.45, 7) is 2.92. The standard InChI is InChI=1S/C13H10N2O6/c1-6-7(2)12(17)14(11(6)16)10-4-3-8(15(20)21)5-9(10)13(18)19/h3-5H,1-2H3,(H,18,19). The van der Waals surface area contributed by atoms with Crippen LogP contribution >= 0.6 is 0 Å². The third-order valence-electron chi connectivity index (χ3n) is 3.27. The van der Waals surface area contributed by atoms with Crippen LogP contribution in [-0.4, -0.2) is 27.8 Å². The van der Waals surface area contributed by atoms with Crippen LogP contribution in [0.5, 0.6) is 0 Å². The summed E-state index contributed by atoms with van der Waals surface area (Å²) in [7, 11) is 0. The summed E-state index contributed by atoms with van der Waals surface area (Å²) >= 11 is 0. The zero-order valence-electron chi connectivity index (χ0n) is 11.1. The molecule has 0 radical (unpaired) electrons. The van der Waals surface area contributed by atoms with Crippen LogP contribution in [0, 0.1) is 10.1 Å². The first-order chi connectivity index (χ1) is 9.75. The predicted molar refractivity (Wildman–Crippen MR) is 70.9 cm³/mol. The fourth-order valence-electron chi connectivity index (χ4n) is 1.97. The van der Waals surface area contributed by atoms with E-state index in [4.69, 9.17) is 5.11 Å². The third-order valence-corrected chi connectivity index (χ3v) is 3.27. The highest BCUT2D eigenvalue weighted by Gasteiger charge is 2.37. The lowest BCUT2D eigenvalue weighted by Gasteiger charge is -2.17. The lowest BCUT2D eigenvalue weighted by atomic mass is 10.1. The van der Waals surface area contributed by atoms with E-state index in [1.165, 1.54) is 13.8 Å². The molecule has 21 heavy (non-hydrogen) atoms. The Bertz CT molecular complexity index is 710. The van der Waals surface area contributed by atoms with Gasteiger partial charge in [0, 0.05) is 23.3 Å². The molecule has 8 nitrogen and oxygen atoms in total. The van der Waals surface area contributed by atoms with Gasteiger partial charge in [-0.1, -0.05) is 0 Å². The number of non-ortho nitro benzene ring substituents is 1. The van der Waals surface area contributed by atoms with Crippen LogP contribution in [0.4, 0.5) is 11.4 Å². The van der Waals surface area contributed by atoms with Gasteiger partial charge >= 0.3 is 5.97 Å². The molecule has 0 atom stereocenters. The minimum Gasteiger partial charge on any atom is -0.478 e. The average Bonchev–Trinajstić information content (AvgIpc) is 2.62. The molecule has 0 spiro atoms. The molecule has 8 heteroatoms. The molecule has 2 amide bonds. The quantitative estimate of drug-likeness (QED) is 0.512. The molecule has 0 unspecified atom stereocenters. The number of benzene rings is 1. The highest BCUT2D eigenvalue weighted by Crippen LogP contribution is 2.31. The maximum Gasteiger partial charge on any atom is 0.338 e. The topological polar surface area (TPSA) is 118 Å². The van der Waals surface area contributed by atoms with E-state index in [2.05, 4.69) is 0 Å². The summed E-state index contributed by atoms with van der Waals surface area (Å²) in [6, 6.07) is 2.95. The second-order valence-electron chi connectivity index (χ2n) is 4.46. The Morgan fingerprint density at radius 3 is 2.14 bits per heavy atom. The number of nitro benzene ring substituents is 1. The molecule has 1 aliphatic heterocycles. The molecule has 0 aromatic heterocycles. The minimum atomic E-state index is -1.46. The number of nitrogens with zero attached hydrogens (tertiary/aromatic N) is 2. The van der Waals surface area contributed by atoms with E-state index in [0.717, 1.165) is 23.1 Å². The molecule has 108 valence electrons. The summed E-state index contributed by atoms with van der Waals surface area (Å²) in [4.78, 5) is 46.0. The fourth-order valence-corrected chi connectivity index (χ4v) is 1.97. The molecule has 0 saturated carbocycles. The van der Waals surface area contributed by atoms with Crippen LogP contribution in [-0.2, 0) is 9.59 Å². The highest BCUT2D eigenvalue weighted by atomic mass is 16.6. The zero-order valence-corrected chi connectivity index (χ0v) is 11.1. The summed E-state index contributed by atoms with van der Waals surface area (Å²) in [5.74, 6) is -2.72. The Labute approximate surface area is 118 Å². The van der Waals surface area contributed by atoms with E-state index in [0.29, 0.717) is 0 Å². The maximum atomic E-state index is 12.0. The number of anilines is 1. The van der Waals surface area contributed by atoms with Crippen molar-refractivity contribution in [3.05, 3.63) is 45.0 Å². The van der Waals surface area contributed by atoms with Crippen LogP contribution in [0.1, 0.15) is 24.2 Å². The van der Waals surface area contributed by atoms with Gasteiger partial charge in [-0.25, -0.2) is 9.69 Å². The van der Waals surface area contributed by atoms with Gasteiger partial charge < -0.3 is 5.11 Å². The van der Waals surface area contributed by atoms with E-state index in [-0.39, 0.29) is 16.8 Å². The van der Waals surface area contributed by atoms with E-state index >= 15 is 0 Å². The van der Waals surface area contributed by atoms with Crippen molar-refractivity contribution in [2.45, 2.75) is 13.8 Å². The van der Waals surface area contributed by atoms with Crippen molar-refractivity contribution >= 4 is 29.2 Å². The number of hydrogen-bond donors (Lipinski definition) is 1. The van der Waals surface area contributed by atoms with Gasteiger partial charge in [0.1, 0.15) is 0 Å². The number of carboxylic acid groups (broad SMARTS) is 1. The number of nitro groups is 1. The summed E-state index contributed by atoms with van der Waals surface area (Å²) in [5.41, 5.74) is -0.659. The van der Waals surface area contributed by atoms with Crippen LogP contribution in [0.2, 0.25) is 0 Å². The molecule has 1 N–H and O–H groups in total. The Morgan fingerprint density at radius 1 is 1.19 bits per heavy atom. The number of rotatable bonds is 3. The number of carboxylic acids is 1. The molecule has 0 aliphatic carbocycles. The normalized spacial score (nSPS) is 14.9. The molecule has 2 rings (SSSR count). The summed E-state index contributed by atoms with van der Waals surface area (Å²) < 4.78 is 0. The van der Waals surface area contributed by atoms with Crippen LogP contribution in [0.15, 0.2) is 29.3 Å². The van der Waals surface area contributed by atoms with E-state index in [9.17, 15) is 24.5 Å². The minimum absolute atomic E-state index is 0.181. The van der Waals surface area contributed by atoms with Gasteiger partial charge in [-0.15, -0.1) is 0 Å². The second-order valence-corrected chi connectivity index (χ2v) is 4.46. The first kappa shape index (κ1) is 14.4. The van der Waals surface area contributed by atoms with Gasteiger partial charge in [0.2, 0.25) is 0 Å². The van der Waals surface area contributed by atoms with Crippen molar-refractivity contribution in [3.8, 4) is 0 Å². The number of imide groups is 1. The largest absolute Gasteiger partial charge is 0.478 e. The molecular weight excluding hydrogens is 280 g/mol. The van der Waals surface area contributed by atoms with Crippen molar-refractivity contribution in [3.63, 3.8) is 0 Å². The molecule has 1 aromatic rings. The highest BCUT2D eigenvalue weighted by molar-refractivity contribution is 6.33. The van der Waals surface area contributed by atoms with E-state index in [1.54, 1.807) is 0 Å². The van der Waals surface area contributed by atoms with Crippen molar-refractivity contribution < 1.29 is 24.4 Å². The van der Waals surface area contributed by atoms with Crippen molar-refractivity contribution in [1.29, 1.82) is 0 Å². The van der Waals surface area contributed by atoms with Crippen LogP contribution in [0.25, 0.3) is 0 Å². The second kappa shape index (κ2) is 4.82. The van der Waals surface area contributed by atoms with Crippen LogP contribution in [0.3, 0.4) is 0 Å². The van der Waals surface area contributed by atoms with Gasteiger partial charge in [-0.05, 0) is 19.9 Å². The van der Waals surface area contributed by atoms with Gasteiger partial charge in [0.25, 0.3) is 17.5 Å². The molecule has 0 fully saturated rings. The van der Waals surface area contributed by atoms with Gasteiger partial charge in [0.05, 0.1) is 16.2 Å². The number of hydrogen-bond acceptors (Lipinski definition) is 5. The van der Waals surface area contributed by atoms with Crippen molar-refractivity contribution in [2.24, 2.45) is 0 Å². The van der Waals surface area contributed by atoms with E-state index < -0.39 is 34.0 Å². The predicted octanol–water partition coefficient (Wildman–Crippen LogP) is 1.50. The number of amides is 2. The first-order valence-electron chi connectivity index (χ1n) is 5.83. The van der Waals surface area contributed by atoms with Crippen molar-refractivity contribution in [1.82, 2.24) is 0 Å². The molecule has 0 saturated heterocycles. The molecule has 1 aliphatic rings. The molecule has 1 heterocycles. The Balaban J connectivity index is 2.61. The maximum absolute atomic E-state index is 12.0.